The van der Waals surface area contributed by atoms with Gasteiger partial charge in [-0.1, -0.05) is 0 Å². The van der Waals surface area contributed by atoms with Crippen LogP contribution in [0, 0.1) is 11.3 Å². The van der Waals surface area contributed by atoms with Crippen LogP contribution in [-0.2, 0) is 14.8 Å². The Bertz CT molecular complexity index is 972. The van der Waals surface area contributed by atoms with Crippen molar-refractivity contribution >= 4 is 15.9 Å². The molecule has 144 valence electrons. The molecule has 0 unspecified atom stereocenters. The molecule has 0 N–H and O–H groups in total. The van der Waals surface area contributed by atoms with Crippen molar-refractivity contribution in [3.05, 3.63) is 23.9 Å². The first-order valence-corrected chi connectivity index (χ1v) is 9.67. The summed E-state index contributed by atoms with van der Waals surface area (Å²) >= 11 is 0. The first-order valence-electron chi connectivity index (χ1n) is 8.23. The van der Waals surface area contributed by atoms with Gasteiger partial charge in [0.2, 0.25) is 27.5 Å². The Morgan fingerprint density at radius 2 is 2.00 bits per heavy atom. The standard InChI is InChI=1S/C17H20N4O5S/c1-20(2)27(22,23)15-10-12(4-5-14(15)24-3)16-19-13(11-18)17(26-16)21-6-8-25-9-7-21/h4-5,10H,6-9H2,1-3H3. The Morgan fingerprint density at radius 3 is 2.59 bits per heavy atom. The number of morpholine rings is 1. The second kappa shape index (κ2) is 7.56. The van der Waals surface area contributed by atoms with E-state index >= 15 is 0 Å². The van der Waals surface area contributed by atoms with Gasteiger partial charge in [-0.05, 0) is 18.2 Å². The fourth-order valence-corrected chi connectivity index (χ4v) is 3.77. The summed E-state index contributed by atoms with van der Waals surface area (Å²) in [6, 6.07) is 6.65. The number of methoxy groups -OCH3 is 1. The lowest BCUT2D eigenvalue weighted by atomic mass is 10.2. The van der Waals surface area contributed by atoms with Gasteiger partial charge >= 0.3 is 0 Å². The van der Waals surface area contributed by atoms with Crippen LogP contribution in [0.25, 0.3) is 11.5 Å². The maximum Gasteiger partial charge on any atom is 0.246 e. The maximum atomic E-state index is 12.6. The van der Waals surface area contributed by atoms with Crippen LogP contribution < -0.4 is 9.64 Å². The number of rotatable bonds is 5. The van der Waals surface area contributed by atoms with E-state index in [0.717, 1.165) is 4.31 Å². The predicted octanol–water partition coefficient (Wildman–Crippen LogP) is 1.31. The van der Waals surface area contributed by atoms with E-state index in [1.54, 1.807) is 6.07 Å². The number of ether oxygens (including phenoxy) is 2. The normalized spacial score (nSPS) is 15.0. The molecule has 2 heterocycles. The van der Waals surface area contributed by atoms with Crippen molar-refractivity contribution in [1.82, 2.24) is 9.29 Å². The predicted molar refractivity (Wildman–Crippen MR) is 97.1 cm³/mol. The van der Waals surface area contributed by atoms with Gasteiger partial charge in [0.05, 0.1) is 20.3 Å². The first-order chi connectivity index (χ1) is 12.9. The van der Waals surface area contributed by atoms with E-state index in [2.05, 4.69) is 4.98 Å². The molecular weight excluding hydrogens is 372 g/mol. The number of benzene rings is 1. The van der Waals surface area contributed by atoms with Crippen molar-refractivity contribution in [2.45, 2.75) is 4.90 Å². The smallest absolute Gasteiger partial charge is 0.246 e. The largest absolute Gasteiger partial charge is 0.495 e. The Morgan fingerprint density at radius 1 is 1.30 bits per heavy atom. The van der Waals surface area contributed by atoms with Gasteiger partial charge in [0, 0.05) is 32.7 Å². The number of aromatic nitrogens is 1. The van der Waals surface area contributed by atoms with Crippen molar-refractivity contribution in [3.63, 3.8) is 0 Å². The fraction of sp³-hybridized carbons (Fsp3) is 0.412. The van der Waals surface area contributed by atoms with Crippen LogP contribution in [0.2, 0.25) is 0 Å². The minimum atomic E-state index is -3.73. The summed E-state index contributed by atoms with van der Waals surface area (Å²) in [4.78, 5) is 6.12. The Labute approximate surface area is 157 Å². The van der Waals surface area contributed by atoms with E-state index in [-0.39, 0.29) is 22.2 Å². The molecule has 0 amide bonds. The highest BCUT2D eigenvalue weighted by Crippen LogP contribution is 2.33. The van der Waals surface area contributed by atoms with Crippen molar-refractivity contribution < 1.29 is 22.3 Å². The number of hydrogen-bond acceptors (Lipinski definition) is 8. The summed E-state index contributed by atoms with van der Waals surface area (Å²) in [6.45, 7) is 2.25. The SMILES string of the molecule is COc1ccc(-c2nc(C#N)c(N3CCOCC3)o2)cc1S(=O)(=O)N(C)C. The highest BCUT2D eigenvalue weighted by molar-refractivity contribution is 7.89. The lowest BCUT2D eigenvalue weighted by molar-refractivity contribution is 0.121. The molecule has 9 nitrogen and oxygen atoms in total. The van der Waals surface area contributed by atoms with Crippen LogP contribution in [0.3, 0.4) is 0 Å². The van der Waals surface area contributed by atoms with Crippen molar-refractivity contribution in [2.75, 3.05) is 52.4 Å². The quantitative estimate of drug-likeness (QED) is 0.749. The highest BCUT2D eigenvalue weighted by Gasteiger charge is 2.26. The van der Waals surface area contributed by atoms with Gasteiger partial charge in [-0.25, -0.2) is 12.7 Å². The van der Waals surface area contributed by atoms with E-state index in [9.17, 15) is 13.7 Å². The zero-order valence-corrected chi connectivity index (χ0v) is 16.1. The lowest BCUT2D eigenvalue weighted by Crippen LogP contribution is -2.36. The highest BCUT2D eigenvalue weighted by atomic mass is 32.2. The third kappa shape index (κ3) is 3.62. The van der Waals surface area contributed by atoms with E-state index in [1.165, 1.54) is 33.3 Å². The molecule has 1 aromatic heterocycles. The molecule has 3 rings (SSSR count). The molecule has 27 heavy (non-hydrogen) atoms. The third-order valence-corrected chi connectivity index (χ3v) is 6.02. The van der Waals surface area contributed by atoms with Crippen molar-refractivity contribution in [1.29, 1.82) is 5.26 Å². The summed E-state index contributed by atoms with van der Waals surface area (Å²) in [5.74, 6) is 0.752. The Balaban J connectivity index is 2.07. The van der Waals surface area contributed by atoms with Gasteiger partial charge in [-0.2, -0.15) is 10.2 Å². The molecule has 0 saturated carbocycles. The molecule has 1 saturated heterocycles. The summed E-state index contributed by atoms with van der Waals surface area (Å²) in [5.41, 5.74) is 0.590. The molecule has 1 aromatic carbocycles. The van der Waals surface area contributed by atoms with Crippen molar-refractivity contribution in [2.24, 2.45) is 0 Å². The van der Waals surface area contributed by atoms with Gasteiger partial charge in [0.25, 0.3) is 0 Å². The topological polar surface area (TPSA) is 109 Å². The number of nitrogens with zero attached hydrogens (tertiary/aromatic N) is 4. The molecule has 0 radical (unpaired) electrons. The van der Waals surface area contributed by atoms with Crippen LogP contribution in [0.5, 0.6) is 5.75 Å². The monoisotopic (exact) mass is 392 g/mol. The number of hydrogen-bond donors (Lipinski definition) is 0. The summed E-state index contributed by atoms with van der Waals surface area (Å²) in [7, 11) is 0.552. The molecule has 1 aliphatic rings. The minimum Gasteiger partial charge on any atom is -0.495 e. The van der Waals surface area contributed by atoms with Gasteiger partial charge in [-0.15, -0.1) is 0 Å². The molecule has 0 atom stereocenters. The second-order valence-electron chi connectivity index (χ2n) is 6.04. The van der Waals surface area contributed by atoms with Crippen LogP contribution in [-0.4, -0.2) is 65.2 Å². The number of oxazole rings is 1. The summed E-state index contributed by atoms with van der Waals surface area (Å²) < 4.78 is 42.6. The van der Waals surface area contributed by atoms with E-state index in [4.69, 9.17) is 13.9 Å². The first kappa shape index (κ1) is 19.2. The Kier molecular flexibility index (Phi) is 5.36. The number of anilines is 1. The third-order valence-electron chi connectivity index (χ3n) is 4.18. The summed E-state index contributed by atoms with van der Waals surface area (Å²) in [5, 5.41) is 9.40. The van der Waals surface area contributed by atoms with Crippen LogP contribution in [0.4, 0.5) is 5.88 Å². The molecule has 1 aliphatic heterocycles. The molecule has 1 fully saturated rings. The van der Waals surface area contributed by atoms with E-state index in [1.807, 2.05) is 11.0 Å². The van der Waals surface area contributed by atoms with Crippen LogP contribution in [0.15, 0.2) is 27.5 Å². The second-order valence-corrected chi connectivity index (χ2v) is 8.16. The molecule has 10 heteroatoms. The van der Waals surface area contributed by atoms with Crippen LogP contribution in [0.1, 0.15) is 5.69 Å². The summed E-state index contributed by atoms with van der Waals surface area (Å²) in [6.07, 6.45) is 0. The molecule has 0 aliphatic carbocycles. The van der Waals surface area contributed by atoms with Gasteiger partial charge in [0.15, 0.2) is 0 Å². The molecule has 2 aromatic rings. The average molecular weight is 392 g/mol. The maximum absolute atomic E-state index is 12.6. The fourth-order valence-electron chi connectivity index (χ4n) is 2.70. The Hall–Kier alpha value is -2.61. The van der Waals surface area contributed by atoms with E-state index < -0.39 is 10.0 Å². The zero-order chi connectivity index (χ0) is 19.6. The van der Waals surface area contributed by atoms with Gasteiger partial charge < -0.3 is 18.8 Å². The van der Waals surface area contributed by atoms with Gasteiger partial charge in [-0.3, -0.25) is 0 Å². The number of sulfonamides is 1. The molecule has 0 spiro atoms. The van der Waals surface area contributed by atoms with Gasteiger partial charge in [0.1, 0.15) is 16.7 Å². The average Bonchev–Trinajstić information content (AvgIpc) is 3.12. The molecular formula is C17H20N4O5S. The van der Waals surface area contributed by atoms with Crippen LogP contribution >= 0.6 is 0 Å². The molecule has 0 bridgehead atoms. The van der Waals surface area contributed by atoms with E-state index in [0.29, 0.717) is 37.8 Å². The lowest BCUT2D eigenvalue weighted by Gasteiger charge is -2.26. The number of nitriles is 1. The zero-order valence-electron chi connectivity index (χ0n) is 15.3. The van der Waals surface area contributed by atoms with Crippen molar-refractivity contribution in [3.8, 4) is 23.3 Å². The minimum absolute atomic E-state index is 0.00266.